The van der Waals surface area contributed by atoms with Crippen LogP contribution >= 0.6 is 0 Å². The lowest BCUT2D eigenvalue weighted by Gasteiger charge is -2.06. The van der Waals surface area contributed by atoms with Crippen LogP contribution in [0.1, 0.15) is 29.9 Å². The van der Waals surface area contributed by atoms with Crippen LogP contribution in [0, 0.1) is 0 Å². The maximum atomic E-state index is 11.8. The molecule has 1 aromatic carbocycles. The average Bonchev–Trinajstić information content (AvgIpc) is 2.54. The molecule has 1 aromatic heterocycles. The number of carbonyl (C=O) groups is 2. The van der Waals surface area contributed by atoms with Crippen molar-refractivity contribution in [2.75, 3.05) is 6.73 Å². The number of pyridine rings is 1. The molecule has 0 fully saturated rings. The number of amides is 1. The highest BCUT2D eigenvalue weighted by Crippen LogP contribution is 2.19. The molecule has 0 unspecified atom stereocenters. The van der Waals surface area contributed by atoms with Gasteiger partial charge in [0, 0.05) is 18.7 Å². The van der Waals surface area contributed by atoms with Gasteiger partial charge in [0.1, 0.15) is 5.69 Å². The van der Waals surface area contributed by atoms with E-state index in [2.05, 4.69) is 34.1 Å². The van der Waals surface area contributed by atoms with E-state index in [1.165, 1.54) is 12.5 Å². The molecule has 0 radical (unpaired) electrons. The highest BCUT2D eigenvalue weighted by molar-refractivity contribution is 5.92. The Balaban J connectivity index is 2.02. The van der Waals surface area contributed by atoms with Crippen LogP contribution < -0.4 is 5.32 Å². The Hall–Kier alpha value is -2.69. The van der Waals surface area contributed by atoms with Crippen molar-refractivity contribution in [3.8, 4) is 11.1 Å². The molecule has 0 spiro atoms. The van der Waals surface area contributed by atoms with Crippen molar-refractivity contribution < 1.29 is 14.3 Å². The summed E-state index contributed by atoms with van der Waals surface area (Å²) in [5.41, 5.74) is 3.55. The Bertz CT molecular complexity index is 649. The van der Waals surface area contributed by atoms with E-state index >= 15 is 0 Å². The lowest BCUT2D eigenvalue weighted by Crippen LogP contribution is -2.27. The minimum Gasteiger partial charge on any atom is -0.445 e. The molecule has 0 aliphatic rings. The summed E-state index contributed by atoms with van der Waals surface area (Å²) in [5.74, 6) is -0.826. The zero-order chi connectivity index (χ0) is 15.9. The summed E-state index contributed by atoms with van der Waals surface area (Å²) < 4.78 is 4.65. The zero-order valence-corrected chi connectivity index (χ0v) is 12.6. The third kappa shape index (κ3) is 4.15. The number of aromatic nitrogens is 1. The third-order valence-electron chi connectivity index (χ3n) is 3.20. The number of nitrogens with one attached hydrogen (secondary N) is 1. The fraction of sp³-hybridized carbons (Fsp3) is 0.235. The summed E-state index contributed by atoms with van der Waals surface area (Å²) in [6.07, 6.45) is 2.65. The van der Waals surface area contributed by atoms with Gasteiger partial charge < -0.3 is 10.1 Å². The predicted octanol–water partition coefficient (Wildman–Crippen LogP) is 2.56. The topological polar surface area (TPSA) is 68.3 Å². The van der Waals surface area contributed by atoms with Gasteiger partial charge in [0.2, 0.25) is 0 Å². The van der Waals surface area contributed by atoms with Crippen LogP contribution in [0.25, 0.3) is 11.1 Å². The van der Waals surface area contributed by atoms with Crippen LogP contribution in [-0.4, -0.2) is 23.6 Å². The molecule has 1 amide bonds. The number of hydrogen-bond donors (Lipinski definition) is 1. The van der Waals surface area contributed by atoms with Crippen molar-refractivity contribution in [1.82, 2.24) is 10.3 Å². The Morgan fingerprint density at radius 1 is 1.09 bits per heavy atom. The number of carbonyl (C=O) groups excluding carboxylic acids is 2. The zero-order valence-electron chi connectivity index (χ0n) is 12.6. The van der Waals surface area contributed by atoms with Crippen LogP contribution in [-0.2, 0) is 16.0 Å². The van der Waals surface area contributed by atoms with Crippen LogP contribution in [0.15, 0.2) is 42.6 Å². The van der Waals surface area contributed by atoms with E-state index in [1.807, 2.05) is 18.2 Å². The summed E-state index contributed by atoms with van der Waals surface area (Å²) in [7, 11) is 0. The normalized spacial score (nSPS) is 10.1. The van der Waals surface area contributed by atoms with E-state index in [0.29, 0.717) is 0 Å². The Kier molecular flexibility index (Phi) is 5.25. The number of rotatable bonds is 5. The van der Waals surface area contributed by atoms with Gasteiger partial charge in [0.05, 0.1) is 0 Å². The minimum absolute atomic E-state index is 0.157. The van der Waals surface area contributed by atoms with Gasteiger partial charge in [-0.2, -0.15) is 0 Å². The summed E-state index contributed by atoms with van der Waals surface area (Å²) in [4.78, 5) is 26.6. The molecule has 2 aromatic rings. The van der Waals surface area contributed by atoms with Crippen LogP contribution in [0.5, 0.6) is 0 Å². The third-order valence-corrected chi connectivity index (χ3v) is 3.20. The fourth-order valence-electron chi connectivity index (χ4n) is 1.93. The minimum atomic E-state index is -0.445. The first-order valence-corrected chi connectivity index (χ1v) is 7.07. The molecule has 0 atom stereocenters. The second-order valence-corrected chi connectivity index (χ2v) is 4.77. The average molecular weight is 298 g/mol. The highest BCUT2D eigenvalue weighted by Gasteiger charge is 2.07. The fourth-order valence-corrected chi connectivity index (χ4v) is 1.93. The molecule has 114 valence electrons. The first-order valence-electron chi connectivity index (χ1n) is 7.07. The van der Waals surface area contributed by atoms with E-state index in [4.69, 9.17) is 0 Å². The summed E-state index contributed by atoms with van der Waals surface area (Å²) in [6, 6.07) is 11.7. The molecule has 5 nitrogen and oxygen atoms in total. The van der Waals surface area contributed by atoms with Gasteiger partial charge in [-0.1, -0.05) is 37.3 Å². The monoisotopic (exact) mass is 298 g/mol. The first-order chi connectivity index (χ1) is 10.6. The van der Waals surface area contributed by atoms with Gasteiger partial charge in [0.15, 0.2) is 6.73 Å². The van der Waals surface area contributed by atoms with Crippen molar-refractivity contribution in [3.05, 3.63) is 53.9 Å². The first kappa shape index (κ1) is 15.7. The standard InChI is InChI=1S/C17H18N2O3/c1-3-13-4-6-14(7-5-13)15-8-9-16(18-10-15)17(21)19-11-22-12(2)20/h4-10H,3,11H2,1-2H3,(H,19,21). The number of hydrogen-bond acceptors (Lipinski definition) is 4. The van der Waals surface area contributed by atoms with Gasteiger partial charge in [-0.3, -0.25) is 14.6 Å². The molecular weight excluding hydrogens is 280 g/mol. The number of aryl methyl sites for hydroxylation is 1. The summed E-state index contributed by atoms with van der Waals surface area (Å²) in [6.45, 7) is 3.24. The van der Waals surface area contributed by atoms with Crippen LogP contribution in [0.3, 0.4) is 0 Å². The molecule has 0 saturated heterocycles. The summed E-state index contributed by atoms with van der Waals surface area (Å²) in [5, 5.41) is 2.46. The maximum Gasteiger partial charge on any atom is 0.304 e. The Morgan fingerprint density at radius 3 is 2.32 bits per heavy atom. The lowest BCUT2D eigenvalue weighted by molar-refractivity contribution is -0.141. The number of esters is 1. The van der Waals surface area contributed by atoms with E-state index in [0.717, 1.165) is 17.5 Å². The quantitative estimate of drug-likeness (QED) is 0.680. The van der Waals surface area contributed by atoms with Gasteiger partial charge in [-0.25, -0.2) is 0 Å². The van der Waals surface area contributed by atoms with Gasteiger partial charge in [-0.15, -0.1) is 0 Å². The van der Waals surface area contributed by atoms with Crippen molar-refractivity contribution in [2.24, 2.45) is 0 Å². The number of ether oxygens (including phenoxy) is 1. The van der Waals surface area contributed by atoms with Gasteiger partial charge in [0.25, 0.3) is 5.91 Å². The Morgan fingerprint density at radius 2 is 1.77 bits per heavy atom. The van der Waals surface area contributed by atoms with Crippen LogP contribution in [0.4, 0.5) is 0 Å². The number of nitrogens with zero attached hydrogens (tertiary/aromatic N) is 1. The molecule has 5 heteroatoms. The molecular formula is C17H18N2O3. The summed E-state index contributed by atoms with van der Waals surface area (Å²) >= 11 is 0. The molecule has 0 bridgehead atoms. The van der Waals surface area contributed by atoms with E-state index in [1.54, 1.807) is 12.3 Å². The van der Waals surface area contributed by atoms with Gasteiger partial charge in [-0.05, 0) is 23.6 Å². The molecule has 1 N–H and O–H groups in total. The lowest BCUT2D eigenvalue weighted by atomic mass is 10.0. The molecule has 1 heterocycles. The Labute approximate surface area is 129 Å². The molecule has 0 saturated carbocycles. The maximum absolute atomic E-state index is 11.8. The SMILES string of the molecule is CCc1ccc(-c2ccc(C(=O)NCOC(C)=O)nc2)cc1. The molecule has 0 aliphatic heterocycles. The van der Waals surface area contributed by atoms with Gasteiger partial charge >= 0.3 is 5.97 Å². The highest BCUT2D eigenvalue weighted by atomic mass is 16.5. The second kappa shape index (κ2) is 7.36. The van der Waals surface area contributed by atoms with Crippen molar-refractivity contribution in [3.63, 3.8) is 0 Å². The molecule has 2 rings (SSSR count). The largest absolute Gasteiger partial charge is 0.445 e. The van der Waals surface area contributed by atoms with Crippen molar-refractivity contribution >= 4 is 11.9 Å². The van der Waals surface area contributed by atoms with E-state index < -0.39 is 5.97 Å². The van der Waals surface area contributed by atoms with E-state index in [9.17, 15) is 9.59 Å². The smallest absolute Gasteiger partial charge is 0.304 e. The van der Waals surface area contributed by atoms with E-state index in [-0.39, 0.29) is 18.3 Å². The molecule has 0 aliphatic carbocycles. The van der Waals surface area contributed by atoms with Crippen LogP contribution in [0.2, 0.25) is 0 Å². The second-order valence-electron chi connectivity index (χ2n) is 4.77. The molecule has 22 heavy (non-hydrogen) atoms. The van der Waals surface area contributed by atoms with Crippen molar-refractivity contribution in [2.45, 2.75) is 20.3 Å². The predicted molar refractivity (Wildman–Crippen MR) is 83.2 cm³/mol. The van der Waals surface area contributed by atoms with Crippen molar-refractivity contribution in [1.29, 1.82) is 0 Å². The number of benzene rings is 1.